The number of nitrogens with one attached hydrogen (secondary N) is 1. The molecule has 0 aliphatic carbocycles. The number of halogens is 1. The van der Waals surface area contributed by atoms with Crippen molar-refractivity contribution in [1.29, 1.82) is 0 Å². The molecule has 0 fully saturated rings. The summed E-state index contributed by atoms with van der Waals surface area (Å²) in [5.74, 6) is 0.161. The molecule has 1 unspecified atom stereocenters. The van der Waals surface area contributed by atoms with Crippen LogP contribution >= 0.6 is 11.6 Å². The molecule has 6 nitrogen and oxygen atoms in total. The molecule has 7 heteroatoms. The van der Waals surface area contributed by atoms with Crippen LogP contribution in [0.3, 0.4) is 0 Å². The molecule has 3 aromatic rings. The number of carbonyl (C=O) groups excluding carboxylic acids is 2. The quantitative estimate of drug-likeness (QED) is 0.369. The van der Waals surface area contributed by atoms with E-state index >= 15 is 0 Å². The zero-order chi connectivity index (χ0) is 26.6. The Morgan fingerprint density at radius 3 is 2.33 bits per heavy atom. The molecular weight excluding hydrogens is 472 g/mol. The Labute approximate surface area is 219 Å². The van der Waals surface area contributed by atoms with E-state index in [1.54, 1.807) is 4.68 Å². The SMILES string of the molecule is Cc1cccc(-n2nc(C(C)(C)C)cc2NC(=O)CN(CC(C)C)C(=O)C(Cl)c2ccccc2)c1C. The molecule has 0 spiro atoms. The van der Waals surface area contributed by atoms with E-state index in [4.69, 9.17) is 16.7 Å². The molecule has 0 radical (unpaired) electrons. The van der Waals surface area contributed by atoms with Crippen LogP contribution in [-0.2, 0) is 15.0 Å². The molecule has 1 N–H and O–H groups in total. The summed E-state index contributed by atoms with van der Waals surface area (Å²) in [6.45, 7) is 14.7. The molecule has 3 rings (SSSR count). The van der Waals surface area contributed by atoms with Crippen molar-refractivity contribution in [2.24, 2.45) is 5.92 Å². The van der Waals surface area contributed by atoms with E-state index in [9.17, 15) is 9.59 Å². The minimum absolute atomic E-state index is 0.101. The van der Waals surface area contributed by atoms with Crippen molar-refractivity contribution in [2.75, 3.05) is 18.4 Å². The van der Waals surface area contributed by atoms with Crippen molar-refractivity contribution >= 4 is 29.2 Å². The number of amides is 2. The number of anilines is 1. The van der Waals surface area contributed by atoms with Crippen LogP contribution < -0.4 is 5.32 Å². The number of nitrogens with zero attached hydrogens (tertiary/aromatic N) is 3. The maximum atomic E-state index is 13.3. The highest BCUT2D eigenvalue weighted by Gasteiger charge is 2.27. The lowest BCUT2D eigenvalue weighted by Crippen LogP contribution is -2.41. The van der Waals surface area contributed by atoms with Crippen LogP contribution in [0.15, 0.2) is 54.6 Å². The zero-order valence-corrected chi connectivity index (χ0v) is 23.1. The summed E-state index contributed by atoms with van der Waals surface area (Å²) in [5.41, 5.74) is 4.49. The number of rotatable bonds is 8. The molecule has 0 aliphatic rings. The standard InChI is InChI=1S/C29H37ClN4O2/c1-19(2)17-33(28(36)27(30)22-13-9-8-10-14-22)18-26(35)31-25-16-24(29(5,6)7)32-34(25)23-15-11-12-20(3)21(23)4/h8-16,19,27H,17-18H2,1-7H3,(H,31,35). The predicted molar refractivity (Wildman–Crippen MR) is 147 cm³/mol. The van der Waals surface area contributed by atoms with E-state index in [1.807, 2.05) is 69.3 Å². The van der Waals surface area contributed by atoms with Gasteiger partial charge in [-0.3, -0.25) is 9.59 Å². The Kier molecular flexibility index (Phi) is 8.62. The lowest BCUT2D eigenvalue weighted by molar-refractivity contribution is -0.135. The summed E-state index contributed by atoms with van der Waals surface area (Å²) < 4.78 is 1.78. The van der Waals surface area contributed by atoms with E-state index in [-0.39, 0.29) is 29.7 Å². The highest BCUT2D eigenvalue weighted by Crippen LogP contribution is 2.28. The van der Waals surface area contributed by atoms with Gasteiger partial charge in [-0.1, -0.05) is 77.1 Å². The van der Waals surface area contributed by atoms with Crippen molar-refractivity contribution in [1.82, 2.24) is 14.7 Å². The third kappa shape index (κ3) is 6.55. The van der Waals surface area contributed by atoms with Crippen LogP contribution in [0.1, 0.15) is 62.4 Å². The van der Waals surface area contributed by atoms with Crippen molar-refractivity contribution in [3.8, 4) is 5.69 Å². The summed E-state index contributed by atoms with van der Waals surface area (Å²) in [6, 6.07) is 17.1. The fraction of sp³-hybridized carbons (Fsp3) is 0.414. The van der Waals surface area contributed by atoms with E-state index < -0.39 is 5.38 Å². The highest BCUT2D eigenvalue weighted by molar-refractivity contribution is 6.30. The van der Waals surface area contributed by atoms with Gasteiger partial charge in [0.15, 0.2) is 0 Å². The predicted octanol–water partition coefficient (Wildman–Crippen LogP) is 6.19. The van der Waals surface area contributed by atoms with Crippen LogP contribution in [0, 0.1) is 19.8 Å². The second-order valence-electron chi connectivity index (χ2n) is 10.7. The van der Waals surface area contributed by atoms with Gasteiger partial charge in [0.2, 0.25) is 11.8 Å². The summed E-state index contributed by atoms with van der Waals surface area (Å²) in [6.07, 6.45) is 0. The van der Waals surface area contributed by atoms with Crippen LogP contribution in [-0.4, -0.2) is 39.6 Å². The molecule has 0 bridgehead atoms. The molecule has 0 saturated heterocycles. The highest BCUT2D eigenvalue weighted by atomic mass is 35.5. The maximum Gasteiger partial charge on any atom is 0.245 e. The Morgan fingerprint density at radius 2 is 1.72 bits per heavy atom. The van der Waals surface area contributed by atoms with E-state index in [0.717, 1.165) is 22.5 Å². The van der Waals surface area contributed by atoms with Gasteiger partial charge in [-0.05, 0) is 42.5 Å². The summed E-state index contributed by atoms with van der Waals surface area (Å²) in [5, 5.41) is 6.99. The minimum Gasteiger partial charge on any atom is -0.332 e. The number of carbonyl (C=O) groups is 2. The summed E-state index contributed by atoms with van der Waals surface area (Å²) in [7, 11) is 0. The molecule has 192 valence electrons. The maximum absolute atomic E-state index is 13.3. The van der Waals surface area contributed by atoms with Gasteiger partial charge in [0.05, 0.1) is 17.9 Å². The van der Waals surface area contributed by atoms with Gasteiger partial charge in [0.1, 0.15) is 11.2 Å². The average Bonchev–Trinajstić information content (AvgIpc) is 3.23. The van der Waals surface area contributed by atoms with Gasteiger partial charge in [-0.25, -0.2) is 4.68 Å². The van der Waals surface area contributed by atoms with Crippen LogP contribution in [0.2, 0.25) is 0 Å². The molecule has 0 saturated carbocycles. The third-order valence-electron chi connectivity index (χ3n) is 6.09. The largest absolute Gasteiger partial charge is 0.332 e. The van der Waals surface area contributed by atoms with E-state index in [0.29, 0.717) is 17.9 Å². The molecule has 2 aromatic carbocycles. The monoisotopic (exact) mass is 508 g/mol. The number of aryl methyl sites for hydroxylation is 1. The first kappa shape index (κ1) is 27.5. The lowest BCUT2D eigenvalue weighted by atomic mass is 9.92. The molecule has 2 amide bonds. The van der Waals surface area contributed by atoms with Crippen molar-refractivity contribution in [3.63, 3.8) is 0 Å². The second kappa shape index (κ2) is 11.3. The first-order valence-electron chi connectivity index (χ1n) is 12.3. The first-order chi connectivity index (χ1) is 16.9. The van der Waals surface area contributed by atoms with Crippen LogP contribution in [0.5, 0.6) is 0 Å². The molecule has 0 aliphatic heterocycles. The van der Waals surface area contributed by atoms with E-state index in [1.165, 1.54) is 4.90 Å². The number of hydrogen-bond donors (Lipinski definition) is 1. The summed E-state index contributed by atoms with van der Waals surface area (Å²) in [4.78, 5) is 28.1. The van der Waals surface area contributed by atoms with Gasteiger partial charge in [-0.2, -0.15) is 5.10 Å². The first-order valence-corrected chi connectivity index (χ1v) is 12.8. The lowest BCUT2D eigenvalue weighted by Gasteiger charge is -2.26. The molecule has 1 aromatic heterocycles. The molecule has 36 heavy (non-hydrogen) atoms. The van der Waals surface area contributed by atoms with E-state index in [2.05, 4.69) is 39.1 Å². The van der Waals surface area contributed by atoms with Crippen LogP contribution in [0.25, 0.3) is 5.69 Å². The Morgan fingerprint density at radius 1 is 1.06 bits per heavy atom. The number of benzene rings is 2. The van der Waals surface area contributed by atoms with Crippen molar-refractivity contribution in [3.05, 3.63) is 77.0 Å². The topological polar surface area (TPSA) is 67.2 Å². The van der Waals surface area contributed by atoms with Gasteiger partial charge in [-0.15, -0.1) is 11.6 Å². The fourth-order valence-corrected chi connectivity index (χ4v) is 4.22. The summed E-state index contributed by atoms with van der Waals surface area (Å²) >= 11 is 6.53. The molecular formula is C29H37ClN4O2. The van der Waals surface area contributed by atoms with Gasteiger partial charge < -0.3 is 10.2 Å². The van der Waals surface area contributed by atoms with Gasteiger partial charge in [0.25, 0.3) is 0 Å². The number of aromatic nitrogens is 2. The molecule has 1 heterocycles. The fourth-order valence-electron chi connectivity index (χ4n) is 3.94. The smallest absolute Gasteiger partial charge is 0.245 e. The normalized spacial score (nSPS) is 12.5. The van der Waals surface area contributed by atoms with Crippen molar-refractivity contribution < 1.29 is 9.59 Å². The Bertz CT molecular complexity index is 1210. The third-order valence-corrected chi connectivity index (χ3v) is 6.53. The number of hydrogen-bond acceptors (Lipinski definition) is 3. The Balaban J connectivity index is 1.89. The number of alkyl halides is 1. The second-order valence-corrected chi connectivity index (χ2v) is 11.2. The molecule has 1 atom stereocenters. The van der Waals surface area contributed by atoms with Crippen LogP contribution in [0.4, 0.5) is 5.82 Å². The zero-order valence-electron chi connectivity index (χ0n) is 22.3. The average molecular weight is 509 g/mol. The van der Waals surface area contributed by atoms with Gasteiger partial charge in [0, 0.05) is 18.0 Å². The Hall–Kier alpha value is -3.12. The van der Waals surface area contributed by atoms with Crippen molar-refractivity contribution in [2.45, 2.75) is 59.3 Å². The minimum atomic E-state index is -0.856. The van der Waals surface area contributed by atoms with Gasteiger partial charge >= 0.3 is 0 Å².